The van der Waals surface area contributed by atoms with Crippen LogP contribution in [0, 0.1) is 10.1 Å². The van der Waals surface area contributed by atoms with Crippen LogP contribution >= 0.6 is 0 Å². The molecule has 3 aromatic rings. The van der Waals surface area contributed by atoms with Crippen molar-refractivity contribution >= 4 is 16.8 Å². The second-order valence-electron chi connectivity index (χ2n) is 6.75. The molecule has 0 aliphatic heterocycles. The molecule has 0 fully saturated rings. The van der Waals surface area contributed by atoms with E-state index in [-0.39, 0.29) is 17.7 Å². The lowest BCUT2D eigenvalue weighted by Gasteiger charge is -2.18. The van der Waals surface area contributed by atoms with Crippen molar-refractivity contribution in [1.29, 1.82) is 0 Å². The van der Waals surface area contributed by atoms with E-state index in [9.17, 15) is 15.2 Å². The van der Waals surface area contributed by atoms with Crippen molar-refractivity contribution in [1.82, 2.24) is 4.98 Å². The van der Waals surface area contributed by atoms with Crippen LogP contribution in [0.25, 0.3) is 22.6 Å². The molecular weight excluding hydrogens is 308 g/mol. The molecular formula is C18H18N2O4. The fourth-order valence-corrected chi connectivity index (χ4v) is 2.51. The van der Waals surface area contributed by atoms with Gasteiger partial charge < -0.3 is 9.52 Å². The number of nitrogens with zero attached hydrogens (tertiary/aromatic N) is 2. The number of aromatic nitrogens is 1. The van der Waals surface area contributed by atoms with Gasteiger partial charge in [-0.2, -0.15) is 0 Å². The smallest absolute Gasteiger partial charge is 0.270 e. The van der Waals surface area contributed by atoms with Gasteiger partial charge in [-0.25, -0.2) is 4.98 Å². The van der Waals surface area contributed by atoms with Crippen LogP contribution in [0.3, 0.4) is 0 Å². The first-order chi connectivity index (χ1) is 11.3. The van der Waals surface area contributed by atoms with Crippen LogP contribution in [-0.4, -0.2) is 15.0 Å². The van der Waals surface area contributed by atoms with Gasteiger partial charge in [0, 0.05) is 17.7 Å². The number of aliphatic hydroxyl groups is 1. The summed E-state index contributed by atoms with van der Waals surface area (Å²) in [6.07, 6.45) is 0. The Labute approximate surface area is 138 Å². The average Bonchev–Trinajstić information content (AvgIpc) is 2.96. The maximum Gasteiger partial charge on any atom is 0.270 e. The lowest BCUT2D eigenvalue weighted by molar-refractivity contribution is -0.384. The van der Waals surface area contributed by atoms with Crippen molar-refractivity contribution < 1.29 is 14.4 Å². The van der Waals surface area contributed by atoms with E-state index in [0.717, 1.165) is 5.56 Å². The predicted octanol–water partition coefficient (Wildman–Crippen LogP) is 4.19. The van der Waals surface area contributed by atoms with Gasteiger partial charge in [-0.15, -0.1) is 0 Å². The Morgan fingerprint density at radius 2 is 1.96 bits per heavy atom. The second-order valence-corrected chi connectivity index (χ2v) is 6.75. The fourth-order valence-electron chi connectivity index (χ4n) is 2.51. The standard InChI is InChI=1S/C18H18N2O4/c1-18(2,3)13-4-5-16-15(9-13)19-17(24-16)12-6-11(10-21)7-14(8-12)20(22)23/h4-9,21H,10H2,1-3H3. The van der Waals surface area contributed by atoms with Crippen LogP contribution in [-0.2, 0) is 12.0 Å². The van der Waals surface area contributed by atoms with Crippen molar-refractivity contribution in [2.75, 3.05) is 0 Å². The van der Waals surface area contributed by atoms with Gasteiger partial charge in [0.25, 0.3) is 5.69 Å². The lowest BCUT2D eigenvalue weighted by Crippen LogP contribution is -2.10. The molecule has 3 rings (SSSR count). The summed E-state index contributed by atoms with van der Waals surface area (Å²) in [7, 11) is 0. The first-order valence-electron chi connectivity index (χ1n) is 7.58. The highest BCUT2D eigenvalue weighted by Gasteiger charge is 2.18. The van der Waals surface area contributed by atoms with Crippen molar-refractivity contribution in [3.05, 3.63) is 57.6 Å². The summed E-state index contributed by atoms with van der Waals surface area (Å²) in [6, 6.07) is 10.2. The first kappa shape index (κ1) is 16.1. The van der Waals surface area contributed by atoms with Gasteiger partial charge in [-0.3, -0.25) is 10.1 Å². The highest BCUT2D eigenvalue weighted by molar-refractivity contribution is 5.77. The predicted molar refractivity (Wildman–Crippen MR) is 90.7 cm³/mol. The zero-order valence-electron chi connectivity index (χ0n) is 13.7. The summed E-state index contributed by atoms with van der Waals surface area (Å²) in [4.78, 5) is 15.0. The molecule has 0 aliphatic carbocycles. The zero-order chi connectivity index (χ0) is 17.5. The first-order valence-corrected chi connectivity index (χ1v) is 7.58. The van der Waals surface area contributed by atoms with E-state index in [4.69, 9.17) is 4.42 Å². The molecule has 2 aromatic carbocycles. The number of nitro groups is 1. The number of rotatable bonds is 3. The monoisotopic (exact) mass is 326 g/mol. The fraction of sp³-hybridized carbons (Fsp3) is 0.278. The molecule has 1 heterocycles. The molecule has 0 saturated heterocycles. The number of hydrogen-bond donors (Lipinski definition) is 1. The summed E-state index contributed by atoms with van der Waals surface area (Å²) < 4.78 is 5.74. The van der Waals surface area contributed by atoms with Gasteiger partial charge in [-0.05, 0) is 34.7 Å². The summed E-state index contributed by atoms with van der Waals surface area (Å²) >= 11 is 0. The topological polar surface area (TPSA) is 89.4 Å². The minimum atomic E-state index is -0.497. The number of oxazole rings is 1. The molecule has 6 nitrogen and oxygen atoms in total. The zero-order valence-corrected chi connectivity index (χ0v) is 13.7. The third kappa shape index (κ3) is 3.00. The van der Waals surface area contributed by atoms with Gasteiger partial charge in [0.2, 0.25) is 5.89 Å². The normalized spacial score (nSPS) is 11.8. The number of nitro benzene ring substituents is 1. The van der Waals surface area contributed by atoms with E-state index in [0.29, 0.717) is 28.1 Å². The van der Waals surface area contributed by atoms with Crippen LogP contribution < -0.4 is 0 Å². The Morgan fingerprint density at radius 3 is 2.58 bits per heavy atom. The van der Waals surface area contributed by atoms with Crippen molar-refractivity contribution in [3.63, 3.8) is 0 Å². The van der Waals surface area contributed by atoms with Crippen LogP contribution in [0.15, 0.2) is 40.8 Å². The molecule has 0 atom stereocenters. The largest absolute Gasteiger partial charge is 0.436 e. The van der Waals surface area contributed by atoms with E-state index in [1.807, 2.05) is 18.2 Å². The summed E-state index contributed by atoms with van der Waals surface area (Å²) in [5.41, 5.74) is 3.25. The average molecular weight is 326 g/mol. The quantitative estimate of drug-likeness (QED) is 0.575. The second kappa shape index (κ2) is 5.72. The van der Waals surface area contributed by atoms with Gasteiger partial charge in [0.05, 0.1) is 11.5 Å². The SMILES string of the molecule is CC(C)(C)c1ccc2oc(-c3cc(CO)cc([N+](=O)[O-])c3)nc2c1. The van der Waals surface area contributed by atoms with E-state index in [2.05, 4.69) is 25.8 Å². The van der Waals surface area contributed by atoms with Gasteiger partial charge in [-0.1, -0.05) is 26.8 Å². The van der Waals surface area contributed by atoms with Crippen molar-refractivity contribution in [3.8, 4) is 11.5 Å². The molecule has 0 unspecified atom stereocenters. The Bertz CT molecular complexity index is 922. The molecule has 0 aliphatic rings. The molecule has 0 bridgehead atoms. The molecule has 6 heteroatoms. The molecule has 24 heavy (non-hydrogen) atoms. The number of non-ortho nitro benzene ring substituents is 1. The third-order valence-electron chi connectivity index (χ3n) is 3.87. The third-order valence-corrected chi connectivity index (χ3v) is 3.87. The van der Waals surface area contributed by atoms with E-state index < -0.39 is 4.92 Å². The number of fused-ring (bicyclic) bond motifs is 1. The Balaban J connectivity index is 2.13. The van der Waals surface area contributed by atoms with Gasteiger partial charge in [0.1, 0.15) is 5.52 Å². The highest BCUT2D eigenvalue weighted by atomic mass is 16.6. The molecule has 0 radical (unpaired) electrons. The maximum atomic E-state index is 11.1. The molecule has 0 amide bonds. The van der Waals surface area contributed by atoms with Crippen LogP contribution in [0.5, 0.6) is 0 Å². The Hall–Kier alpha value is -2.73. The number of benzene rings is 2. The molecule has 1 aromatic heterocycles. The van der Waals surface area contributed by atoms with Gasteiger partial charge >= 0.3 is 0 Å². The maximum absolute atomic E-state index is 11.1. The minimum Gasteiger partial charge on any atom is -0.436 e. The summed E-state index contributed by atoms with van der Waals surface area (Å²) in [5.74, 6) is 0.300. The van der Waals surface area contributed by atoms with E-state index in [1.165, 1.54) is 12.1 Å². The molecule has 1 N–H and O–H groups in total. The summed E-state index contributed by atoms with van der Waals surface area (Å²) in [5, 5.41) is 20.4. The van der Waals surface area contributed by atoms with Gasteiger partial charge in [0.15, 0.2) is 5.58 Å². The van der Waals surface area contributed by atoms with Crippen LogP contribution in [0.2, 0.25) is 0 Å². The molecule has 0 spiro atoms. The number of hydrogen-bond acceptors (Lipinski definition) is 5. The Kier molecular flexibility index (Phi) is 3.85. The molecule has 0 saturated carbocycles. The lowest BCUT2D eigenvalue weighted by atomic mass is 9.87. The van der Waals surface area contributed by atoms with Crippen molar-refractivity contribution in [2.45, 2.75) is 32.8 Å². The van der Waals surface area contributed by atoms with Crippen molar-refractivity contribution in [2.24, 2.45) is 0 Å². The van der Waals surface area contributed by atoms with Crippen LogP contribution in [0.4, 0.5) is 5.69 Å². The van der Waals surface area contributed by atoms with Crippen LogP contribution in [0.1, 0.15) is 31.9 Å². The molecule has 124 valence electrons. The Morgan fingerprint density at radius 1 is 1.21 bits per heavy atom. The number of aliphatic hydroxyl groups excluding tert-OH is 1. The highest BCUT2D eigenvalue weighted by Crippen LogP contribution is 2.31. The van der Waals surface area contributed by atoms with E-state index >= 15 is 0 Å². The minimum absolute atomic E-state index is 0.0110. The van der Waals surface area contributed by atoms with E-state index in [1.54, 1.807) is 6.07 Å². The summed E-state index contributed by atoms with van der Waals surface area (Å²) in [6.45, 7) is 6.05.